The zero-order valence-corrected chi connectivity index (χ0v) is 9.65. The summed E-state index contributed by atoms with van der Waals surface area (Å²) in [5, 5.41) is 3.43. The molecule has 86 valence electrons. The van der Waals surface area contributed by atoms with Crippen LogP contribution in [-0.2, 0) is 6.42 Å². The van der Waals surface area contributed by atoms with Crippen LogP contribution in [0.2, 0.25) is 0 Å². The zero-order valence-electron chi connectivity index (χ0n) is 9.65. The van der Waals surface area contributed by atoms with E-state index >= 15 is 0 Å². The molecule has 0 fully saturated rings. The van der Waals surface area contributed by atoms with Gasteiger partial charge in [0, 0.05) is 31.9 Å². The second-order valence-corrected chi connectivity index (χ2v) is 4.18. The standard InChI is InChI=1S/C13H19N3/c1-2-6-13(15-9-3-1)16-10-7-12-5-4-8-14-11-12/h4-5,8,11H,1-3,6-7,9-10H2,(H,15,16). The first kappa shape index (κ1) is 11.1. The average molecular weight is 217 g/mol. The monoisotopic (exact) mass is 217 g/mol. The van der Waals surface area contributed by atoms with Crippen molar-refractivity contribution in [2.75, 3.05) is 13.1 Å². The molecule has 0 bridgehead atoms. The second kappa shape index (κ2) is 6.26. The molecule has 0 spiro atoms. The molecule has 0 aliphatic carbocycles. The maximum absolute atomic E-state index is 4.54. The van der Waals surface area contributed by atoms with Gasteiger partial charge in [0.1, 0.15) is 0 Å². The van der Waals surface area contributed by atoms with Gasteiger partial charge < -0.3 is 5.32 Å². The van der Waals surface area contributed by atoms with E-state index in [9.17, 15) is 0 Å². The topological polar surface area (TPSA) is 37.3 Å². The number of hydrogen-bond donors (Lipinski definition) is 1. The van der Waals surface area contributed by atoms with Crippen molar-refractivity contribution in [3.05, 3.63) is 30.1 Å². The first-order valence-electron chi connectivity index (χ1n) is 6.11. The fourth-order valence-corrected chi connectivity index (χ4v) is 1.92. The lowest BCUT2D eigenvalue weighted by Gasteiger charge is -2.07. The van der Waals surface area contributed by atoms with E-state index < -0.39 is 0 Å². The van der Waals surface area contributed by atoms with Gasteiger partial charge in [-0.05, 0) is 30.9 Å². The van der Waals surface area contributed by atoms with E-state index in [1.165, 1.54) is 30.7 Å². The van der Waals surface area contributed by atoms with Crippen molar-refractivity contribution in [2.45, 2.75) is 32.1 Å². The molecule has 0 atom stereocenters. The number of rotatable bonds is 3. The van der Waals surface area contributed by atoms with Crippen LogP contribution < -0.4 is 5.32 Å². The minimum Gasteiger partial charge on any atom is -0.374 e. The largest absolute Gasteiger partial charge is 0.374 e. The van der Waals surface area contributed by atoms with Crippen LogP contribution in [0.1, 0.15) is 31.2 Å². The number of aliphatic imine (C=N–C) groups is 1. The Balaban J connectivity index is 1.73. The lowest BCUT2D eigenvalue weighted by molar-refractivity contribution is 0.728. The molecular formula is C13H19N3. The number of aromatic nitrogens is 1. The molecule has 0 saturated carbocycles. The minimum absolute atomic E-state index is 0.963. The van der Waals surface area contributed by atoms with Gasteiger partial charge in [-0.2, -0.15) is 0 Å². The number of nitrogens with zero attached hydrogens (tertiary/aromatic N) is 2. The third-order valence-electron chi connectivity index (χ3n) is 2.84. The van der Waals surface area contributed by atoms with Crippen LogP contribution in [-0.4, -0.2) is 23.9 Å². The summed E-state index contributed by atoms with van der Waals surface area (Å²) >= 11 is 0. The first-order valence-corrected chi connectivity index (χ1v) is 6.11. The third-order valence-corrected chi connectivity index (χ3v) is 2.84. The van der Waals surface area contributed by atoms with Crippen LogP contribution in [0, 0.1) is 0 Å². The molecule has 1 N–H and O–H groups in total. The Hall–Kier alpha value is -1.38. The Bertz CT molecular complexity index is 332. The van der Waals surface area contributed by atoms with Gasteiger partial charge in [-0.1, -0.05) is 12.5 Å². The molecule has 1 aliphatic rings. The number of nitrogens with one attached hydrogen (secondary N) is 1. The fourth-order valence-electron chi connectivity index (χ4n) is 1.92. The minimum atomic E-state index is 0.963. The van der Waals surface area contributed by atoms with E-state index in [4.69, 9.17) is 0 Å². The van der Waals surface area contributed by atoms with E-state index in [1.54, 1.807) is 0 Å². The molecule has 16 heavy (non-hydrogen) atoms. The van der Waals surface area contributed by atoms with Crippen molar-refractivity contribution in [2.24, 2.45) is 4.99 Å². The van der Waals surface area contributed by atoms with E-state index in [-0.39, 0.29) is 0 Å². The molecule has 2 rings (SSSR count). The van der Waals surface area contributed by atoms with Crippen LogP contribution in [0.3, 0.4) is 0 Å². The normalized spacial score (nSPS) is 16.4. The number of hydrogen-bond acceptors (Lipinski definition) is 3. The van der Waals surface area contributed by atoms with E-state index in [1.807, 2.05) is 18.5 Å². The first-order chi connectivity index (χ1) is 7.95. The summed E-state index contributed by atoms with van der Waals surface area (Å²) in [7, 11) is 0. The van der Waals surface area contributed by atoms with E-state index in [0.717, 1.165) is 25.9 Å². The van der Waals surface area contributed by atoms with Gasteiger partial charge in [0.15, 0.2) is 0 Å². The Morgan fingerprint density at radius 1 is 1.25 bits per heavy atom. The maximum Gasteiger partial charge on any atom is 0.0963 e. The van der Waals surface area contributed by atoms with Crippen LogP contribution in [0.25, 0.3) is 0 Å². The van der Waals surface area contributed by atoms with Gasteiger partial charge in [-0.25, -0.2) is 0 Å². The van der Waals surface area contributed by atoms with Crippen molar-refractivity contribution in [1.82, 2.24) is 10.3 Å². The van der Waals surface area contributed by atoms with Gasteiger partial charge in [-0.3, -0.25) is 9.98 Å². The molecule has 0 saturated heterocycles. The SMILES string of the molecule is c1cncc(CCNC2=NCCCCC2)c1. The molecule has 0 aromatic carbocycles. The molecule has 1 aliphatic heterocycles. The molecule has 3 heteroatoms. The van der Waals surface area contributed by atoms with Crippen molar-refractivity contribution in [3.63, 3.8) is 0 Å². The predicted octanol–water partition coefficient (Wildman–Crippen LogP) is 2.19. The van der Waals surface area contributed by atoms with Crippen LogP contribution >= 0.6 is 0 Å². The summed E-state index contributed by atoms with van der Waals surface area (Å²) in [6.45, 7) is 1.96. The Morgan fingerprint density at radius 2 is 2.25 bits per heavy atom. The lowest BCUT2D eigenvalue weighted by atomic mass is 10.2. The van der Waals surface area contributed by atoms with Gasteiger partial charge >= 0.3 is 0 Å². The molecule has 1 aromatic rings. The molecule has 0 unspecified atom stereocenters. The highest BCUT2D eigenvalue weighted by Crippen LogP contribution is 2.06. The summed E-state index contributed by atoms with van der Waals surface area (Å²) in [4.78, 5) is 8.65. The molecule has 3 nitrogen and oxygen atoms in total. The molecular weight excluding hydrogens is 198 g/mol. The Kier molecular flexibility index (Phi) is 4.35. The van der Waals surface area contributed by atoms with Crippen LogP contribution in [0.15, 0.2) is 29.5 Å². The summed E-state index contributed by atoms with van der Waals surface area (Å²) < 4.78 is 0. The zero-order chi connectivity index (χ0) is 11.1. The van der Waals surface area contributed by atoms with Crippen LogP contribution in [0.4, 0.5) is 0 Å². The quantitative estimate of drug-likeness (QED) is 0.842. The second-order valence-electron chi connectivity index (χ2n) is 4.18. The number of amidine groups is 1. The Morgan fingerprint density at radius 3 is 3.12 bits per heavy atom. The Labute approximate surface area is 97.0 Å². The molecule has 1 aromatic heterocycles. The van der Waals surface area contributed by atoms with Crippen molar-refractivity contribution in [1.29, 1.82) is 0 Å². The highest BCUT2D eigenvalue weighted by atomic mass is 15.0. The fraction of sp³-hybridized carbons (Fsp3) is 0.538. The third kappa shape index (κ3) is 3.65. The summed E-state index contributed by atoms with van der Waals surface area (Å²) in [6.07, 6.45) is 9.71. The smallest absolute Gasteiger partial charge is 0.0963 e. The highest BCUT2D eigenvalue weighted by molar-refractivity contribution is 5.82. The maximum atomic E-state index is 4.54. The average Bonchev–Trinajstić information content (AvgIpc) is 2.59. The van der Waals surface area contributed by atoms with Gasteiger partial charge in [0.25, 0.3) is 0 Å². The van der Waals surface area contributed by atoms with Crippen molar-refractivity contribution in [3.8, 4) is 0 Å². The lowest BCUT2D eigenvalue weighted by Crippen LogP contribution is -2.25. The number of pyridine rings is 1. The summed E-state index contributed by atoms with van der Waals surface area (Å²) in [5.41, 5.74) is 1.28. The van der Waals surface area contributed by atoms with Gasteiger partial charge in [-0.15, -0.1) is 0 Å². The van der Waals surface area contributed by atoms with Gasteiger partial charge in [0.2, 0.25) is 0 Å². The van der Waals surface area contributed by atoms with E-state index in [0.29, 0.717) is 0 Å². The van der Waals surface area contributed by atoms with Gasteiger partial charge in [0.05, 0.1) is 5.84 Å². The molecule has 2 heterocycles. The molecule has 0 radical (unpaired) electrons. The van der Waals surface area contributed by atoms with Crippen molar-refractivity contribution >= 4 is 5.84 Å². The summed E-state index contributed by atoms with van der Waals surface area (Å²) in [6, 6.07) is 4.10. The molecule has 0 amide bonds. The van der Waals surface area contributed by atoms with E-state index in [2.05, 4.69) is 21.4 Å². The highest BCUT2D eigenvalue weighted by Gasteiger charge is 2.02. The predicted molar refractivity (Wildman–Crippen MR) is 66.7 cm³/mol. The van der Waals surface area contributed by atoms with Crippen LogP contribution in [0.5, 0.6) is 0 Å². The van der Waals surface area contributed by atoms with Crippen molar-refractivity contribution < 1.29 is 0 Å². The summed E-state index contributed by atoms with van der Waals surface area (Å²) in [5.74, 6) is 1.20.